The molecule has 92 valence electrons. The Balaban J connectivity index is 0.000000437. The number of benzene rings is 1. The Bertz CT molecular complexity index is 393. The first kappa shape index (κ1) is 15.2. The first-order valence-electron chi connectivity index (χ1n) is 4.01. The van der Waals surface area contributed by atoms with E-state index in [0.717, 1.165) is 12.1 Å². The van der Waals surface area contributed by atoms with Crippen LogP contribution in [0.5, 0.6) is 0 Å². The number of hydrogen-bond acceptors (Lipinski definition) is 4. The van der Waals surface area contributed by atoms with Crippen LogP contribution >= 0.6 is 23.2 Å². The van der Waals surface area contributed by atoms with E-state index >= 15 is 0 Å². The number of non-ortho nitro benzene ring substituents is 1. The van der Waals surface area contributed by atoms with Crippen LogP contribution in [0.25, 0.3) is 0 Å². The number of nitrogens with zero attached hydrogens (tertiary/aromatic N) is 1. The number of carboxylic acid groups (broad SMARTS) is 1. The van der Waals surface area contributed by atoms with Crippen molar-refractivity contribution in [1.29, 1.82) is 0 Å². The van der Waals surface area contributed by atoms with Gasteiger partial charge in [0.05, 0.1) is 10.5 Å². The van der Waals surface area contributed by atoms with Crippen molar-refractivity contribution in [3.63, 3.8) is 0 Å². The number of hydrogen-bond donors (Lipinski definition) is 2. The maximum atomic E-state index is 10.3. The highest BCUT2D eigenvalue weighted by Gasteiger charge is 2.06. The number of nitro benzene ring substituents is 1. The highest BCUT2D eigenvalue weighted by Crippen LogP contribution is 2.11. The summed E-state index contributed by atoms with van der Waals surface area (Å²) in [6.45, 7) is 0. The topological polar surface area (TPSA) is 101 Å². The fourth-order valence-electron chi connectivity index (χ4n) is 0.726. The van der Waals surface area contributed by atoms with E-state index in [0.29, 0.717) is 6.26 Å². The number of rotatable bonds is 2. The van der Waals surface area contributed by atoms with Crippen LogP contribution < -0.4 is 0 Å². The van der Waals surface area contributed by atoms with Crippen molar-refractivity contribution in [2.75, 3.05) is 0 Å². The number of aromatic carboxylic acids is 1. The van der Waals surface area contributed by atoms with Crippen molar-refractivity contribution in [3.05, 3.63) is 50.7 Å². The number of carbonyl (C=O) groups is 1. The summed E-state index contributed by atoms with van der Waals surface area (Å²) in [5.41, 5.74) is -0.0689. The molecule has 6 nitrogen and oxygen atoms in total. The van der Waals surface area contributed by atoms with Crippen LogP contribution in [-0.4, -0.2) is 21.1 Å². The molecule has 0 heterocycles. The largest absolute Gasteiger partial charge is 0.513 e. The molecule has 0 bridgehead atoms. The van der Waals surface area contributed by atoms with Crippen LogP contribution in [0, 0.1) is 10.1 Å². The summed E-state index contributed by atoms with van der Waals surface area (Å²) in [4.78, 5) is 19.9. The number of halogens is 2. The summed E-state index contributed by atoms with van der Waals surface area (Å²) in [6, 6.07) is 4.70. The molecule has 0 aliphatic heterocycles. The van der Waals surface area contributed by atoms with Crippen LogP contribution in [-0.2, 0) is 0 Å². The Morgan fingerprint density at radius 1 is 1.29 bits per heavy atom. The molecule has 0 atom stereocenters. The summed E-state index contributed by atoms with van der Waals surface area (Å²) < 4.78 is -0.120. The maximum Gasteiger partial charge on any atom is 0.335 e. The lowest BCUT2D eigenvalue weighted by Crippen LogP contribution is -1.96. The van der Waals surface area contributed by atoms with E-state index in [4.69, 9.17) is 33.4 Å². The van der Waals surface area contributed by atoms with Crippen molar-refractivity contribution in [3.8, 4) is 0 Å². The quantitative estimate of drug-likeness (QED) is 0.492. The smallest absolute Gasteiger partial charge is 0.335 e. The molecule has 0 aromatic heterocycles. The Kier molecular flexibility index (Phi) is 6.69. The first-order valence-corrected chi connectivity index (χ1v) is 4.77. The molecule has 2 N–H and O–H groups in total. The predicted octanol–water partition coefficient (Wildman–Crippen LogP) is 3.11. The first-order chi connectivity index (χ1) is 7.88. The van der Waals surface area contributed by atoms with Gasteiger partial charge in [0.2, 0.25) is 0 Å². The van der Waals surface area contributed by atoms with E-state index < -0.39 is 10.9 Å². The SMILES string of the molecule is O=C(O)c1ccc([N+](=O)[O-])cc1.OC=C(Cl)Cl. The zero-order valence-corrected chi connectivity index (χ0v) is 9.72. The van der Waals surface area contributed by atoms with Gasteiger partial charge in [-0.3, -0.25) is 10.1 Å². The van der Waals surface area contributed by atoms with Crippen LogP contribution in [0.4, 0.5) is 5.69 Å². The van der Waals surface area contributed by atoms with Crippen molar-refractivity contribution in [1.82, 2.24) is 0 Å². The molecule has 1 rings (SSSR count). The van der Waals surface area contributed by atoms with Crippen molar-refractivity contribution in [2.45, 2.75) is 0 Å². The zero-order valence-electron chi connectivity index (χ0n) is 8.21. The van der Waals surface area contributed by atoms with Gasteiger partial charge in [0.15, 0.2) is 0 Å². The molecule has 0 fully saturated rings. The van der Waals surface area contributed by atoms with Gasteiger partial charge in [-0.25, -0.2) is 4.79 Å². The second-order valence-electron chi connectivity index (χ2n) is 2.53. The van der Waals surface area contributed by atoms with E-state index in [9.17, 15) is 14.9 Å². The van der Waals surface area contributed by atoms with Gasteiger partial charge < -0.3 is 10.2 Å². The van der Waals surface area contributed by atoms with Gasteiger partial charge >= 0.3 is 5.97 Å². The monoisotopic (exact) mass is 279 g/mol. The predicted molar refractivity (Wildman–Crippen MR) is 62.5 cm³/mol. The fourth-order valence-corrected chi connectivity index (χ4v) is 0.726. The minimum absolute atomic E-state index is 0.0422. The van der Waals surface area contributed by atoms with E-state index in [1.165, 1.54) is 12.1 Å². The Labute approximate surface area is 106 Å². The van der Waals surface area contributed by atoms with Gasteiger partial charge in [-0.2, -0.15) is 0 Å². The highest BCUT2D eigenvalue weighted by atomic mass is 35.5. The molecule has 0 spiro atoms. The van der Waals surface area contributed by atoms with Gasteiger partial charge in [0, 0.05) is 12.1 Å². The van der Waals surface area contributed by atoms with E-state index in [2.05, 4.69) is 0 Å². The minimum atomic E-state index is -1.09. The summed E-state index contributed by atoms with van der Waals surface area (Å²) in [6.07, 6.45) is 0.614. The minimum Gasteiger partial charge on any atom is -0.513 e. The number of carboxylic acids is 1. The lowest BCUT2D eigenvalue weighted by atomic mass is 10.2. The van der Waals surface area contributed by atoms with Gasteiger partial charge in [0.1, 0.15) is 10.8 Å². The lowest BCUT2D eigenvalue weighted by molar-refractivity contribution is -0.384. The van der Waals surface area contributed by atoms with E-state index in [-0.39, 0.29) is 15.7 Å². The molecular formula is C9H7Cl2NO5. The molecule has 0 aliphatic carbocycles. The van der Waals surface area contributed by atoms with Gasteiger partial charge in [0.25, 0.3) is 5.69 Å². The molecule has 0 aliphatic rings. The zero-order chi connectivity index (χ0) is 13.4. The molecule has 17 heavy (non-hydrogen) atoms. The fraction of sp³-hybridized carbons (Fsp3) is 0. The van der Waals surface area contributed by atoms with Crippen molar-refractivity contribution in [2.24, 2.45) is 0 Å². The summed E-state index contributed by atoms with van der Waals surface area (Å²) >= 11 is 9.68. The number of nitro groups is 1. The maximum absolute atomic E-state index is 10.3. The molecule has 0 radical (unpaired) electrons. The summed E-state index contributed by atoms with van der Waals surface area (Å²) in [5, 5.41) is 26.3. The van der Waals surface area contributed by atoms with Crippen molar-refractivity contribution >= 4 is 34.9 Å². The molecule has 1 aromatic carbocycles. The standard InChI is InChI=1S/C7H5NO4.C2H2Cl2O/c9-7(10)5-1-3-6(4-2-5)8(11)12;3-2(4)1-5/h1-4H,(H,9,10);1,5H. The molecule has 8 heteroatoms. The van der Waals surface area contributed by atoms with Gasteiger partial charge in [-0.1, -0.05) is 23.2 Å². The molecule has 0 unspecified atom stereocenters. The van der Waals surface area contributed by atoms with Gasteiger partial charge in [-0.15, -0.1) is 0 Å². The molecule has 1 aromatic rings. The molecular weight excluding hydrogens is 273 g/mol. The van der Waals surface area contributed by atoms with Crippen LogP contribution in [0.3, 0.4) is 0 Å². The summed E-state index contributed by atoms with van der Waals surface area (Å²) in [7, 11) is 0. The Hall–Kier alpha value is -1.79. The van der Waals surface area contributed by atoms with E-state index in [1.54, 1.807) is 0 Å². The molecule has 0 amide bonds. The number of aliphatic hydroxyl groups excluding tert-OH is 1. The highest BCUT2D eigenvalue weighted by molar-refractivity contribution is 6.55. The summed E-state index contributed by atoms with van der Waals surface area (Å²) in [5.74, 6) is -1.09. The lowest BCUT2D eigenvalue weighted by Gasteiger charge is -1.92. The molecule has 0 saturated carbocycles. The van der Waals surface area contributed by atoms with Crippen LogP contribution in [0.15, 0.2) is 35.0 Å². The van der Waals surface area contributed by atoms with Crippen molar-refractivity contribution < 1.29 is 19.9 Å². The third-order valence-electron chi connectivity index (χ3n) is 1.42. The third kappa shape index (κ3) is 6.39. The average molecular weight is 280 g/mol. The third-order valence-corrected chi connectivity index (χ3v) is 1.62. The second-order valence-corrected chi connectivity index (χ2v) is 3.54. The number of aliphatic hydroxyl groups is 1. The van der Waals surface area contributed by atoms with Crippen LogP contribution in [0.1, 0.15) is 10.4 Å². The second kappa shape index (κ2) is 7.48. The normalized spacial score (nSPS) is 8.59. The van der Waals surface area contributed by atoms with E-state index in [1.807, 2.05) is 0 Å². The van der Waals surface area contributed by atoms with Gasteiger partial charge in [-0.05, 0) is 12.1 Å². The Morgan fingerprint density at radius 2 is 1.71 bits per heavy atom. The molecule has 0 saturated heterocycles. The Morgan fingerprint density at radius 3 is 1.94 bits per heavy atom. The van der Waals surface area contributed by atoms with Crippen LogP contribution in [0.2, 0.25) is 0 Å². The average Bonchev–Trinajstić information content (AvgIpc) is 2.29.